The summed E-state index contributed by atoms with van der Waals surface area (Å²) in [6.45, 7) is 6.53. The highest BCUT2D eigenvalue weighted by Gasteiger charge is 2.46. The Labute approximate surface area is 162 Å². The summed E-state index contributed by atoms with van der Waals surface area (Å²) in [5, 5.41) is 3.46. The van der Waals surface area contributed by atoms with Crippen molar-refractivity contribution in [1.29, 1.82) is 0 Å². The standard InChI is InChI=1S/C21H32N4O2/c1-23-16-21(7-9-22-10-8-21)15-18(23)20(26)25-13-11-24(12-14-25)17-5-3-4-6-19(17)27-2/h3-6,18,22H,7-16H2,1-2H3. The minimum atomic E-state index is 0.0564. The zero-order valence-electron chi connectivity index (χ0n) is 16.6. The van der Waals surface area contributed by atoms with Crippen molar-refractivity contribution in [3.63, 3.8) is 0 Å². The third kappa shape index (κ3) is 3.65. The van der Waals surface area contributed by atoms with Crippen molar-refractivity contribution in [3.05, 3.63) is 24.3 Å². The molecule has 148 valence electrons. The summed E-state index contributed by atoms with van der Waals surface area (Å²) in [4.78, 5) is 19.9. The molecule has 1 spiro atoms. The van der Waals surface area contributed by atoms with Crippen LogP contribution >= 0.6 is 0 Å². The number of anilines is 1. The van der Waals surface area contributed by atoms with Crippen molar-refractivity contribution in [2.24, 2.45) is 5.41 Å². The summed E-state index contributed by atoms with van der Waals surface area (Å²) < 4.78 is 5.50. The van der Waals surface area contributed by atoms with Gasteiger partial charge in [0.05, 0.1) is 18.8 Å². The molecule has 1 amide bonds. The van der Waals surface area contributed by atoms with Gasteiger partial charge in [-0.05, 0) is 56.9 Å². The maximum absolute atomic E-state index is 13.2. The number of piperidine rings is 1. The van der Waals surface area contributed by atoms with Gasteiger partial charge in [-0.3, -0.25) is 9.69 Å². The fraction of sp³-hybridized carbons (Fsp3) is 0.667. The van der Waals surface area contributed by atoms with Crippen molar-refractivity contribution < 1.29 is 9.53 Å². The molecule has 1 aromatic carbocycles. The summed E-state index contributed by atoms with van der Waals surface area (Å²) >= 11 is 0. The normalized spacial score (nSPS) is 25.8. The maximum Gasteiger partial charge on any atom is 0.240 e. The van der Waals surface area contributed by atoms with Gasteiger partial charge in [0, 0.05) is 32.7 Å². The minimum absolute atomic E-state index is 0.0564. The SMILES string of the molecule is COc1ccccc1N1CCN(C(=O)C2CC3(CCNCC3)CN2C)CC1. The first-order chi connectivity index (χ1) is 13.1. The number of piperazine rings is 1. The second-order valence-corrected chi connectivity index (χ2v) is 8.37. The lowest BCUT2D eigenvalue weighted by Gasteiger charge is -2.38. The lowest BCUT2D eigenvalue weighted by atomic mass is 9.77. The Morgan fingerprint density at radius 3 is 2.56 bits per heavy atom. The van der Waals surface area contributed by atoms with Gasteiger partial charge in [-0.2, -0.15) is 0 Å². The topological polar surface area (TPSA) is 48.1 Å². The van der Waals surface area contributed by atoms with Gasteiger partial charge in [-0.15, -0.1) is 0 Å². The van der Waals surface area contributed by atoms with Crippen molar-refractivity contribution in [1.82, 2.24) is 15.1 Å². The van der Waals surface area contributed by atoms with Gasteiger partial charge in [0.25, 0.3) is 0 Å². The molecule has 6 heteroatoms. The number of hydrogen-bond acceptors (Lipinski definition) is 5. The molecule has 0 saturated carbocycles. The van der Waals surface area contributed by atoms with E-state index in [1.807, 2.05) is 18.2 Å². The Kier molecular flexibility index (Phi) is 5.28. The van der Waals surface area contributed by atoms with Gasteiger partial charge in [-0.1, -0.05) is 12.1 Å². The van der Waals surface area contributed by atoms with Gasteiger partial charge in [0.1, 0.15) is 5.75 Å². The smallest absolute Gasteiger partial charge is 0.240 e. The number of carbonyl (C=O) groups excluding carboxylic acids is 1. The van der Waals surface area contributed by atoms with Crippen LogP contribution in [0, 0.1) is 5.41 Å². The molecule has 1 aromatic rings. The van der Waals surface area contributed by atoms with Gasteiger partial charge < -0.3 is 19.9 Å². The van der Waals surface area contributed by atoms with Gasteiger partial charge in [0.15, 0.2) is 0 Å². The number of rotatable bonds is 3. The predicted octanol–water partition coefficient (Wildman–Crippen LogP) is 1.42. The van der Waals surface area contributed by atoms with E-state index < -0.39 is 0 Å². The van der Waals surface area contributed by atoms with E-state index in [1.54, 1.807) is 7.11 Å². The molecule has 4 rings (SSSR count). The molecule has 0 bridgehead atoms. The third-order valence-electron chi connectivity index (χ3n) is 6.71. The van der Waals surface area contributed by atoms with Crippen LogP contribution in [0.3, 0.4) is 0 Å². The molecule has 3 fully saturated rings. The Bertz CT molecular complexity index is 666. The molecule has 1 unspecified atom stereocenters. The quantitative estimate of drug-likeness (QED) is 0.870. The maximum atomic E-state index is 13.2. The molecule has 3 aliphatic heterocycles. The molecule has 3 saturated heterocycles. The number of nitrogens with zero attached hydrogens (tertiary/aromatic N) is 3. The van der Waals surface area contributed by atoms with E-state index in [9.17, 15) is 4.79 Å². The van der Waals surface area contributed by atoms with Crippen molar-refractivity contribution in [2.45, 2.75) is 25.3 Å². The van der Waals surface area contributed by atoms with Gasteiger partial charge >= 0.3 is 0 Å². The second-order valence-electron chi connectivity index (χ2n) is 8.37. The van der Waals surface area contributed by atoms with Crippen molar-refractivity contribution in [3.8, 4) is 5.75 Å². The molecule has 1 atom stereocenters. The summed E-state index contributed by atoms with van der Waals surface area (Å²) in [7, 11) is 3.84. The number of carbonyl (C=O) groups is 1. The highest BCUT2D eigenvalue weighted by molar-refractivity contribution is 5.82. The lowest BCUT2D eigenvalue weighted by molar-refractivity contribution is -0.135. The lowest BCUT2D eigenvalue weighted by Crippen LogP contribution is -2.53. The monoisotopic (exact) mass is 372 g/mol. The Morgan fingerprint density at radius 2 is 1.85 bits per heavy atom. The van der Waals surface area contributed by atoms with Crippen molar-refractivity contribution >= 4 is 11.6 Å². The molecule has 3 heterocycles. The van der Waals surface area contributed by atoms with Crippen LogP contribution in [0.5, 0.6) is 5.75 Å². The van der Waals surface area contributed by atoms with E-state index in [2.05, 4.69) is 33.1 Å². The second kappa shape index (κ2) is 7.68. The van der Waals surface area contributed by atoms with E-state index >= 15 is 0 Å². The number of hydrogen-bond donors (Lipinski definition) is 1. The molecule has 3 aliphatic rings. The van der Waals surface area contributed by atoms with Crippen LogP contribution in [-0.4, -0.2) is 81.7 Å². The van der Waals surface area contributed by atoms with Gasteiger partial charge in [-0.25, -0.2) is 0 Å². The first-order valence-electron chi connectivity index (χ1n) is 10.2. The van der Waals surface area contributed by atoms with Gasteiger partial charge in [0.2, 0.25) is 5.91 Å². The largest absolute Gasteiger partial charge is 0.495 e. The van der Waals surface area contributed by atoms with Crippen LogP contribution in [0.25, 0.3) is 0 Å². The number of nitrogens with one attached hydrogen (secondary N) is 1. The number of likely N-dealkylation sites (N-methyl/N-ethyl adjacent to an activating group) is 1. The van der Waals surface area contributed by atoms with Crippen LogP contribution < -0.4 is 15.0 Å². The molecular formula is C21H32N4O2. The van der Waals surface area contributed by atoms with E-state index in [-0.39, 0.29) is 6.04 Å². The molecule has 1 N–H and O–H groups in total. The van der Waals surface area contributed by atoms with Crippen LogP contribution in [0.1, 0.15) is 19.3 Å². The fourth-order valence-electron chi connectivity index (χ4n) is 5.13. The first kappa shape index (κ1) is 18.6. The average molecular weight is 373 g/mol. The summed E-state index contributed by atoms with van der Waals surface area (Å²) in [6, 6.07) is 8.19. The van der Waals surface area contributed by atoms with E-state index in [4.69, 9.17) is 4.74 Å². The van der Waals surface area contributed by atoms with Crippen LogP contribution in [0.4, 0.5) is 5.69 Å². The molecule has 0 aromatic heterocycles. The molecule has 27 heavy (non-hydrogen) atoms. The van der Waals surface area contributed by atoms with E-state index in [0.29, 0.717) is 11.3 Å². The molecular weight excluding hydrogens is 340 g/mol. The van der Waals surface area contributed by atoms with Crippen molar-refractivity contribution in [2.75, 3.05) is 64.9 Å². The highest BCUT2D eigenvalue weighted by Crippen LogP contribution is 2.41. The molecule has 0 aliphatic carbocycles. The number of ether oxygens (including phenoxy) is 1. The first-order valence-corrected chi connectivity index (χ1v) is 10.2. The number of likely N-dealkylation sites (tertiary alicyclic amines) is 1. The zero-order chi connectivity index (χ0) is 18.9. The predicted molar refractivity (Wildman–Crippen MR) is 107 cm³/mol. The molecule has 0 radical (unpaired) electrons. The summed E-state index contributed by atoms with van der Waals surface area (Å²) in [5.41, 5.74) is 1.47. The van der Waals surface area contributed by atoms with Crippen LogP contribution in [-0.2, 0) is 4.79 Å². The summed E-state index contributed by atoms with van der Waals surface area (Å²) in [5.74, 6) is 1.23. The Hall–Kier alpha value is -1.79. The van der Waals surface area contributed by atoms with Crippen LogP contribution in [0.2, 0.25) is 0 Å². The number of methoxy groups -OCH3 is 1. The summed E-state index contributed by atoms with van der Waals surface area (Å²) in [6.07, 6.45) is 3.42. The third-order valence-corrected chi connectivity index (χ3v) is 6.71. The minimum Gasteiger partial charge on any atom is -0.495 e. The Morgan fingerprint density at radius 1 is 1.15 bits per heavy atom. The number of benzene rings is 1. The molecule has 6 nitrogen and oxygen atoms in total. The zero-order valence-corrected chi connectivity index (χ0v) is 16.6. The van der Waals surface area contributed by atoms with Crippen LogP contribution in [0.15, 0.2) is 24.3 Å². The van der Waals surface area contributed by atoms with E-state index in [0.717, 1.165) is 63.7 Å². The van der Waals surface area contributed by atoms with E-state index in [1.165, 1.54) is 12.8 Å². The average Bonchev–Trinajstić information content (AvgIpc) is 3.03. The number of para-hydroxylation sites is 2. The number of amides is 1. The fourth-order valence-corrected chi connectivity index (χ4v) is 5.13. The highest BCUT2D eigenvalue weighted by atomic mass is 16.5. The Balaban J connectivity index is 1.37.